The normalized spacial score (nSPS) is 14.6. The first kappa shape index (κ1) is 14.0. The minimum atomic E-state index is -0.324. The van der Waals surface area contributed by atoms with Gasteiger partial charge in [0.2, 0.25) is 5.91 Å². The Kier molecular flexibility index (Phi) is 3.47. The zero-order valence-electron chi connectivity index (χ0n) is 12.2. The van der Waals surface area contributed by atoms with Crippen LogP contribution in [0.25, 0.3) is 0 Å². The van der Waals surface area contributed by atoms with Crippen molar-refractivity contribution >= 4 is 23.3 Å². The first-order valence-corrected chi connectivity index (χ1v) is 6.84. The molecule has 0 aromatic heterocycles. The molecule has 1 heterocycles. The van der Waals surface area contributed by atoms with Gasteiger partial charge in [0.15, 0.2) is 0 Å². The summed E-state index contributed by atoms with van der Waals surface area (Å²) in [4.78, 5) is 24.2. The van der Waals surface area contributed by atoms with Crippen LogP contribution < -0.4 is 9.75 Å². The number of Topliss-reactive ketones (excluding diaryl/α,β-unsaturated/α-hetero) is 1. The molecule has 22 heavy (non-hydrogen) atoms. The molecule has 1 aliphatic rings. The lowest BCUT2D eigenvalue weighted by molar-refractivity contribution is -0.116. The summed E-state index contributed by atoms with van der Waals surface area (Å²) in [5.74, 6) is -0.260. The molecule has 2 aromatic rings. The zero-order chi connectivity index (χ0) is 15.7. The first-order valence-electron chi connectivity index (χ1n) is 6.84. The van der Waals surface area contributed by atoms with Crippen LogP contribution in [0.1, 0.15) is 22.8 Å². The highest BCUT2D eigenvalue weighted by molar-refractivity contribution is 6.46. The number of hydrazone groups is 1. The summed E-state index contributed by atoms with van der Waals surface area (Å²) >= 11 is 0. The standard InChI is InChI=1S/C17H14N2O3/c1-11-7-3-5-9-14(11)19(12(2)20)18-17-16(21)13-8-4-6-10-15(13)22-17/h3-10H,1-2H3/b18-17-. The maximum atomic E-state index is 12.3. The molecular weight excluding hydrogens is 280 g/mol. The van der Waals surface area contributed by atoms with Gasteiger partial charge in [-0.1, -0.05) is 30.3 Å². The van der Waals surface area contributed by atoms with Crippen molar-refractivity contribution in [2.75, 3.05) is 5.01 Å². The Morgan fingerprint density at radius 3 is 2.45 bits per heavy atom. The van der Waals surface area contributed by atoms with Gasteiger partial charge in [-0.15, -0.1) is 5.10 Å². The predicted octanol–water partition coefficient (Wildman–Crippen LogP) is 2.94. The molecule has 0 aliphatic carbocycles. The molecule has 2 aromatic carbocycles. The number of hydrogen-bond donors (Lipinski definition) is 0. The molecule has 0 unspecified atom stereocenters. The molecule has 3 rings (SSSR count). The number of nitrogens with zero attached hydrogens (tertiary/aromatic N) is 2. The second-order valence-corrected chi connectivity index (χ2v) is 4.95. The van der Waals surface area contributed by atoms with E-state index in [0.29, 0.717) is 17.0 Å². The second-order valence-electron chi connectivity index (χ2n) is 4.95. The third kappa shape index (κ3) is 2.37. The average molecular weight is 294 g/mol. The average Bonchev–Trinajstić information content (AvgIpc) is 2.82. The Morgan fingerprint density at radius 1 is 1.09 bits per heavy atom. The van der Waals surface area contributed by atoms with Gasteiger partial charge in [0.05, 0.1) is 11.3 Å². The number of carbonyl (C=O) groups excluding carboxylic acids is 2. The largest absolute Gasteiger partial charge is 0.434 e. The van der Waals surface area contributed by atoms with Gasteiger partial charge in [-0.2, -0.15) is 5.01 Å². The number of hydrogen-bond acceptors (Lipinski definition) is 4. The summed E-state index contributed by atoms with van der Waals surface area (Å²) in [5, 5.41) is 5.32. The molecule has 1 amide bonds. The van der Waals surface area contributed by atoms with Crippen LogP contribution in [0.15, 0.2) is 53.6 Å². The number of anilines is 1. The van der Waals surface area contributed by atoms with Gasteiger partial charge in [-0.05, 0) is 30.7 Å². The summed E-state index contributed by atoms with van der Waals surface area (Å²) in [6, 6.07) is 14.2. The number of amides is 1. The van der Waals surface area contributed by atoms with Crippen LogP contribution in [0.2, 0.25) is 0 Å². The minimum Gasteiger partial charge on any atom is -0.434 e. The van der Waals surface area contributed by atoms with E-state index in [1.807, 2.05) is 25.1 Å². The van der Waals surface area contributed by atoms with Crippen molar-refractivity contribution in [2.24, 2.45) is 5.10 Å². The number of rotatable bonds is 2. The minimum absolute atomic E-state index is 0.0975. The fraction of sp³-hybridized carbons (Fsp3) is 0.118. The molecule has 1 aliphatic heterocycles. The molecule has 0 saturated carbocycles. The molecule has 0 atom stereocenters. The molecule has 0 fully saturated rings. The summed E-state index contributed by atoms with van der Waals surface area (Å²) < 4.78 is 5.47. The Hall–Kier alpha value is -2.95. The molecule has 0 N–H and O–H groups in total. The van der Waals surface area contributed by atoms with Crippen molar-refractivity contribution in [3.63, 3.8) is 0 Å². The van der Waals surface area contributed by atoms with E-state index in [1.54, 1.807) is 30.3 Å². The van der Waals surface area contributed by atoms with E-state index in [-0.39, 0.29) is 17.6 Å². The molecule has 0 saturated heterocycles. The predicted molar refractivity (Wildman–Crippen MR) is 83.2 cm³/mol. The highest BCUT2D eigenvalue weighted by atomic mass is 16.5. The quantitative estimate of drug-likeness (QED) is 0.800. The fourth-order valence-electron chi connectivity index (χ4n) is 2.26. The maximum absolute atomic E-state index is 12.3. The maximum Gasteiger partial charge on any atom is 0.286 e. The van der Waals surface area contributed by atoms with Crippen molar-refractivity contribution in [3.05, 3.63) is 59.7 Å². The third-order valence-electron chi connectivity index (χ3n) is 3.37. The van der Waals surface area contributed by atoms with Gasteiger partial charge < -0.3 is 4.74 Å². The van der Waals surface area contributed by atoms with Crippen molar-refractivity contribution in [1.82, 2.24) is 0 Å². The lowest BCUT2D eigenvalue weighted by atomic mass is 10.1. The number of para-hydroxylation sites is 2. The van der Waals surface area contributed by atoms with E-state index in [4.69, 9.17) is 4.74 Å². The van der Waals surface area contributed by atoms with Crippen LogP contribution in [0.4, 0.5) is 5.69 Å². The molecular formula is C17H14N2O3. The summed E-state index contributed by atoms with van der Waals surface area (Å²) in [7, 11) is 0. The number of aryl methyl sites for hydroxylation is 1. The van der Waals surface area contributed by atoms with E-state index < -0.39 is 0 Å². The highest BCUT2D eigenvalue weighted by Gasteiger charge is 2.30. The van der Waals surface area contributed by atoms with Gasteiger partial charge >= 0.3 is 0 Å². The van der Waals surface area contributed by atoms with Crippen molar-refractivity contribution in [1.29, 1.82) is 0 Å². The van der Waals surface area contributed by atoms with Gasteiger partial charge in [0.25, 0.3) is 11.7 Å². The first-order chi connectivity index (χ1) is 10.6. The monoisotopic (exact) mass is 294 g/mol. The molecule has 5 heteroatoms. The van der Waals surface area contributed by atoms with E-state index in [0.717, 1.165) is 5.56 Å². The van der Waals surface area contributed by atoms with Gasteiger partial charge in [0, 0.05) is 6.92 Å². The zero-order valence-corrected chi connectivity index (χ0v) is 12.2. The SMILES string of the molecule is CC(=O)N(/N=C1\Oc2ccccc2C1=O)c1ccccc1C. The van der Waals surface area contributed by atoms with Crippen LogP contribution in [0, 0.1) is 6.92 Å². The number of benzene rings is 2. The lowest BCUT2D eigenvalue weighted by Crippen LogP contribution is -2.27. The fourth-order valence-corrected chi connectivity index (χ4v) is 2.26. The Morgan fingerprint density at radius 2 is 1.77 bits per heavy atom. The van der Waals surface area contributed by atoms with Crippen LogP contribution in [0.3, 0.4) is 0 Å². The smallest absolute Gasteiger partial charge is 0.286 e. The number of ketones is 1. The van der Waals surface area contributed by atoms with Crippen molar-refractivity contribution < 1.29 is 14.3 Å². The Labute approximate surface area is 127 Å². The van der Waals surface area contributed by atoms with Gasteiger partial charge in [0.1, 0.15) is 5.75 Å². The van der Waals surface area contributed by atoms with Crippen LogP contribution in [0.5, 0.6) is 5.75 Å². The van der Waals surface area contributed by atoms with Crippen LogP contribution >= 0.6 is 0 Å². The van der Waals surface area contributed by atoms with Crippen LogP contribution in [-0.2, 0) is 4.79 Å². The summed E-state index contributed by atoms with van der Waals surface area (Å²) in [6.07, 6.45) is 0. The molecule has 110 valence electrons. The summed E-state index contributed by atoms with van der Waals surface area (Å²) in [6.45, 7) is 3.26. The van der Waals surface area contributed by atoms with E-state index in [9.17, 15) is 9.59 Å². The van der Waals surface area contributed by atoms with E-state index in [2.05, 4.69) is 5.10 Å². The van der Waals surface area contributed by atoms with Gasteiger partial charge in [-0.25, -0.2) is 0 Å². The highest BCUT2D eigenvalue weighted by Crippen LogP contribution is 2.27. The second kappa shape index (κ2) is 5.44. The van der Waals surface area contributed by atoms with E-state index in [1.165, 1.54) is 11.9 Å². The molecule has 0 bridgehead atoms. The summed E-state index contributed by atoms with van der Waals surface area (Å²) in [5.41, 5.74) is 1.95. The van der Waals surface area contributed by atoms with Crippen molar-refractivity contribution in [3.8, 4) is 5.75 Å². The number of carbonyl (C=O) groups is 2. The third-order valence-corrected chi connectivity index (χ3v) is 3.37. The lowest BCUT2D eigenvalue weighted by Gasteiger charge is -2.17. The molecule has 0 radical (unpaired) electrons. The number of ether oxygens (including phenoxy) is 1. The molecule has 0 spiro atoms. The van der Waals surface area contributed by atoms with E-state index >= 15 is 0 Å². The van der Waals surface area contributed by atoms with Crippen LogP contribution in [-0.4, -0.2) is 17.6 Å². The van der Waals surface area contributed by atoms with Gasteiger partial charge in [-0.3, -0.25) is 9.59 Å². The molecule has 5 nitrogen and oxygen atoms in total. The number of fused-ring (bicyclic) bond motifs is 1. The topological polar surface area (TPSA) is 59.0 Å². The Balaban J connectivity index is 2.01. The Bertz CT molecular complexity index is 796. The van der Waals surface area contributed by atoms with Crippen molar-refractivity contribution in [2.45, 2.75) is 13.8 Å².